The molecule has 0 amide bonds. The van der Waals surface area contributed by atoms with Crippen LogP contribution in [0.3, 0.4) is 0 Å². The largest absolute Gasteiger partial charge is 0.496 e. The summed E-state index contributed by atoms with van der Waals surface area (Å²) in [4.78, 5) is 24.7. The molecule has 3 aromatic rings. The number of aromatic nitrogens is 3. The third-order valence-corrected chi connectivity index (χ3v) is 6.22. The molecule has 1 aliphatic heterocycles. The lowest BCUT2D eigenvalue weighted by molar-refractivity contribution is 0.101. The Labute approximate surface area is 193 Å². The summed E-state index contributed by atoms with van der Waals surface area (Å²) in [7, 11) is 1.61. The Bertz CT molecular complexity index is 1290. The fraction of sp³-hybridized carbons (Fsp3) is 0.400. The van der Waals surface area contributed by atoms with E-state index < -0.39 is 5.54 Å². The van der Waals surface area contributed by atoms with Crippen molar-refractivity contribution < 1.29 is 14.6 Å². The molecule has 33 heavy (non-hydrogen) atoms. The van der Waals surface area contributed by atoms with Crippen LogP contribution in [0, 0.1) is 0 Å². The van der Waals surface area contributed by atoms with Crippen LogP contribution in [0.4, 0.5) is 0 Å². The maximum absolute atomic E-state index is 12.7. The van der Waals surface area contributed by atoms with Crippen LogP contribution in [0.2, 0.25) is 0 Å². The minimum Gasteiger partial charge on any atom is -0.496 e. The number of nitrogens with zero attached hydrogens (tertiary/aromatic N) is 4. The van der Waals surface area contributed by atoms with Crippen molar-refractivity contribution in [2.75, 3.05) is 18.7 Å². The number of Topliss-reactive ketones (excluding diaryl/α,β-unsaturated/α-hetero) is 1. The van der Waals surface area contributed by atoms with E-state index in [4.69, 9.17) is 4.74 Å². The molecule has 174 valence electrons. The quantitative estimate of drug-likeness (QED) is 0.580. The zero-order chi connectivity index (χ0) is 24.1. The fourth-order valence-corrected chi connectivity index (χ4v) is 4.14. The first-order valence-electron chi connectivity index (χ1n) is 11.0. The minimum atomic E-state index is -0.525. The number of ketones is 1. The molecule has 3 heterocycles. The number of carbonyl (C=O) groups excluding carboxylic acids is 1. The first-order chi connectivity index (χ1) is 15.6. The van der Waals surface area contributed by atoms with Gasteiger partial charge in [-0.05, 0) is 52.3 Å². The summed E-state index contributed by atoms with van der Waals surface area (Å²) < 4.78 is 9.39. The van der Waals surface area contributed by atoms with Crippen molar-refractivity contribution >= 4 is 5.78 Å². The average molecular weight is 451 g/mol. The Balaban J connectivity index is 1.91. The van der Waals surface area contributed by atoms with E-state index in [1.807, 2.05) is 30.8 Å². The number of benzene rings is 1. The maximum atomic E-state index is 12.7. The van der Waals surface area contributed by atoms with Crippen molar-refractivity contribution in [2.45, 2.75) is 52.7 Å². The van der Waals surface area contributed by atoms with E-state index in [-0.39, 0.29) is 29.4 Å². The molecule has 8 heteroatoms. The number of hydrogen-bond donors (Lipinski definition) is 1. The zero-order valence-electron chi connectivity index (χ0n) is 19.9. The van der Waals surface area contributed by atoms with Crippen LogP contribution in [-0.2, 0) is 12.1 Å². The summed E-state index contributed by atoms with van der Waals surface area (Å²) in [5.41, 5.74) is 3.78. The molecule has 4 rings (SSSR count). The Morgan fingerprint density at radius 2 is 1.94 bits per heavy atom. The summed E-state index contributed by atoms with van der Waals surface area (Å²) in [6, 6.07) is 5.68. The highest BCUT2D eigenvalue weighted by atomic mass is 16.5. The van der Waals surface area contributed by atoms with Gasteiger partial charge in [0.15, 0.2) is 11.2 Å². The van der Waals surface area contributed by atoms with Gasteiger partial charge >= 0.3 is 0 Å². The van der Waals surface area contributed by atoms with Crippen molar-refractivity contribution in [1.29, 1.82) is 0 Å². The maximum Gasteiger partial charge on any atom is 0.193 e. The number of carbonyl (C=O) groups is 1. The lowest BCUT2D eigenvalue weighted by atomic mass is 9.95. The number of ether oxygens (including phenoxy) is 1. The van der Waals surface area contributed by atoms with Gasteiger partial charge in [0.1, 0.15) is 5.75 Å². The minimum absolute atomic E-state index is 0.0351. The number of hydrogen-bond acceptors (Lipinski definition) is 6. The average Bonchev–Trinajstić information content (AvgIpc) is 3.28. The molecular formula is C25H30N4O4. The van der Waals surface area contributed by atoms with Gasteiger partial charge in [-0.1, -0.05) is 0 Å². The van der Waals surface area contributed by atoms with E-state index >= 15 is 0 Å². The predicted molar refractivity (Wildman–Crippen MR) is 127 cm³/mol. The second-order valence-corrected chi connectivity index (χ2v) is 9.38. The molecule has 2 aromatic heterocycles. The molecular weight excluding hydrogens is 420 g/mol. The van der Waals surface area contributed by atoms with Crippen LogP contribution in [0.1, 0.15) is 50.5 Å². The molecule has 1 aromatic carbocycles. The first-order valence-corrected chi connectivity index (χ1v) is 11.0. The normalized spacial score (nSPS) is 13.2. The molecule has 0 unspecified atom stereocenters. The number of methoxy groups -OCH3 is 1. The topological polar surface area (TPSA) is 89.6 Å². The van der Waals surface area contributed by atoms with Crippen molar-refractivity contribution in [1.82, 2.24) is 14.5 Å². The summed E-state index contributed by atoms with van der Waals surface area (Å²) in [5.74, 6) is 0.406. The second kappa shape index (κ2) is 8.19. The van der Waals surface area contributed by atoms with E-state index in [0.29, 0.717) is 12.3 Å². The standard InChI is InChI=1S/C25H30N4O4/c1-15(2)27-11-17-7-20(18-10-26-29(12-18)25(4,5)14-30)24(33-6)8-19(17)22-9-23(32)21(16(3)31)13-28(22)27/h7-10,12-13,15,30H,11,14H2,1-6H3. The first kappa shape index (κ1) is 22.8. The van der Waals surface area contributed by atoms with Crippen LogP contribution < -0.4 is 15.2 Å². The van der Waals surface area contributed by atoms with E-state index in [1.165, 1.54) is 13.0 Å². The predicted octanol–water partition coefficient (Wildman–Crippen LogP) is 3.18. The Morgan fingerprint density at radius 3 is 2.55 bits per heavy atom. The van der Waals surface area contributed by atoms with E-state index in [9.17, 15) is 14.7 Å². The highest BCUT2D eigenvalue weighted by Gasteiger charge is 2.27. The molecule has 0 saturated heterocycles. The van der Waals surface area contributed by atoms with Crippen molar-refractivity contribution in [3.8, 4) is 28.1 Å². The smallest absolute Gasteiger partial charge is 0.193 e. The van der Waals surface area contributed by atoms with Gasteiger partial charge < -0.3 is 14.9 Å². The summed E-state index contributed by atoms with van der Waals surface area (Å²) in [5, 5.41) is 16.3. The van der Waals surface area contributed by atoms with E-state index in [0.717, 1.165) is 27.9 Å². The van der Waals surface area contributed by atoms with E-state index in [1.54, 1.807) is 24.2 Å². The number of pyridine rings is 1. The second-order valence-electron chi connectivity index (χ2n) is 9.38. The van der Waals surface area contributed by atoms with Crippen molar-refractivity contribution in [3.05, 3.63) is 58.1 Å². The SMILES string of the molecule is COc1cc2c(cc1-c1cnn(C(C)(C)CO)c1)CN(C(C)C)n1cc(C(C)=O)c(=O)cc1-2. The monoisotopic (exact) mass is 450 g/mol. The lowest BCUT2D eigenvalue weighted by Gasteiger charge is -2.38. The summed E-state index contributed by atoms with van der Waals surface area (Å²) in [6.07, 6.45) is 5.31. The van der Waals surface area contributed by atoms with Crippen LogP contribution in [0.15, 0.2) is 41.6 Å². The van der Waals surface area contributed by atoms with Gasteiger partial charge in [-0.3, -0.25) is 18.9 Å². The van der Waals surface area contributed by atoms with Gasteiger partial charge in [0.2, 0.25) is 0 Å². The molecule has 1 aliphatic rings. The summed E-state index contributed by atoms with van der Waals surface area (Å²) in [6.45, 7) is 9.96. The van der Waals surface area contributed by atoms with Gasteiger partial charge in [0.05, 0.1) is 43.3 Å². The van der Waals surface area contributed by atoms with Crippen molar-refractivity contribution in [2.24, 2.45) is 0 Å². The number of fused-ring (bicyclic) bond motifs is 3. The van der Waals surface area contributed by atoms with Gasteiger partial charge in [-0.2, -0.15) is 5.10 Å². The molecule has 8 nitrogen and oxygen atoms in total. The zero-order valence-corrected chi connectivity index (χ0v) is 19.9. The van der Waals surface area contributed by atoms with Gasteiger partial charge in [-0.15, -0.1) is 0 Å². The number of aliphatic hydroxyl groups excluding tert-OH is 1. The molecule has 0 atom stereocenters. The van der Waals surface area contributed by atoms with Crippen molar-refractivity contribution in [3.63, 3.8) is 0 Å². The summed E-state index contributed by atoms with van der Waals surface area (Å²) >= 11 is 0. The van der Waals surface area contributed by atoms with E-state index in [2.05, 4.69) is 30.0 Å². The van der Waals surface area contributed by atoms with Crippen LogP contribution in [0.5, 0.6) is 5.75 Å². The highest BCUT2D eigenvalue weighted by molar-refractivity contribution is 5.94. The van der Waals surface area contributed by atoms with Gasteiger partial charge in [0, 0.05) is 41.2 Å². The number of rotatable bonds is 6. The Morgan fingerprint density at radius 1 is 1.21 bits per heavy atom. The molecule has 0 fully saturated rings. The molecule has 0 spiro atoms. The van der Waals surface area contributed by atoms with Crippen LogP contribution in [-0.4, -0.2) is 45.1 Å². The molecule has 0 bridgehead atoms. The van der Waals surface area contributed by atoms with Crippen LogP contribution >= 0.6 is 0 Å². The fourth-order valence-electron chi connectivity index (χ4n) is 4.14. The number of aliphatic hydroxyl groups is 1. The molecule has 0 saturated carbocycles. The highest BCUT2D eigenvalue weighted by Crippen LogP contribution is 2.39. The Kier molecular flexibility index (Phi) is 5.66. The van der Waals surface area contributed by atoms with Gasteiger partial charge in [-0.25, -0.2) is 0 Å². The van der Waals surface area contributed by atoms with Gasteiger partial charge in [0.25, 0.3) is 0 Å². The molecule has 0 radical (unpaired) electrons. The lowest BCUT2D eigenvalue weighted by Crippen LogP contribution is -2.44. The molecule has 1 N–H and O–H groups in total. The third kappa shape index (κ3) is 3.84. The Hall–Kier alpha value is -3.39. The molecule has 0 aliphatic carbocycles. The third-order valence-electron chi connectivity index (χ3n) is 6.22. The van der Waals surface area contributed by atoms with Crippen LogP contribution in [0.25, 0.3) is 22.4 Å².